The lowest BCUT2D eigenvalue weighted by Gasteiger charge is -2.04. The van der Waals surface area contributed by atoms with Crippen LogP contribution in [0.15, 0.2) is 23.8 Å². The monoisotopic (exact) mass is 192 g/mol. The Labute approximate surface area is 82.5 Å². The Balaban J connectivity index is 2.71. The van der Waals surface area contributed by atoms with E-state index in [9.17, 15) is 14.4 Å². The number of rotatable bonds is 4. The first-order valence-corrected chi connectivity index (χ1v) is 4.66. The van der Waals surface area contributed by atoms with Crippen LogP contribution in [0.1, 0.15) is 26.2 Å². The van der Waals surface area contributed by atoms with Gasteiger partial charge in [0.15, 0.2) is 17.3 Å². The predicted molar refractivity (Wildman–Crippen MR) is 51.8 cm³/mol. The van der Waals surface area contributed by atoms with E-state index < -0.39 is 0 Å². The second-order valence-electron chi connectivity index (χ2n) is 3.18. The number of hydrogen-bond donors (Lipinski definition) is 0. The average Bonchev–Trinajstić information content (AvgIpc) is 2.18. The number of allylic oxidation sites excluding steroid dienone is 4. The highest BCUT2D eigenvalue weighted by Crippen LogP contribution is 2.10. The molecule has 0 bridgehead atoms. The van der Waals surface area contributed by atoms with Gasteiger partial charge in [0.25, 0.3) is 0 Å². The Hall–Kier alpha value is -1.51. The standard InChI is InChI=1S/C11H12O3/c1-2-3-4-10(13)9-7-8(12)5-6-11(9)14/h5-7H,2-4H2,1H3. The summed E-state index contributed by atoms with van der Waals surface area (Å²) >= 11 is 0. The smallest absolute Gasteiger partial charge is 0.189 e. The van der Waals surface area contributed by atoms with Crippen molar-refractivity contribution in [3.63, 3.8) is 0 Å². The van der Waals surface area contributed by atoms with Gasteiger partial charge in [-0.25, -0.2) is 0 Å². The molecular formula is C11H12O3. The fourth-order valence-electron chi connectivity index (χ4n) is 1.20. The molecule has 0 aromatic heterocycles. The number of Topliss-reactive ketones (excluding diaryl/α,β-unsaturated/α-hetero) is 1. The fourth-order valence-corrected chi connectivity index (χ4v) is 1.20. The summed E-state index contributed by atoms with van der Waals surface area (Å²) in [5.74, 6) is -0.871. The highest BCUT2D eigenvalue weighted by atomic mass is 16.2. The van der Waals surface area contributed by atoms with E-state index in [-0.39, 0.29) is 22.9 Å². The van der Waals surface area contributed by atoms with E-state index in [2.05, 4.69) is 0 Å². The van der Waals surface area contributed by atoms with Crippen molar-refractivity contribution >= 4 is 17.3 Å². The maximum atomic E-state index is 11.4. The van der Waals surface area contributed by atoms with Crippen molar-refractivity contribution in [2.45, 2.75) is 26.2 Å². The maximum Gasteiger partial charge on any atom is 0.189 e. The van der Waals surface area contributed by atoms with Crippen LogP contribution in [0.4, 0.5) is 0 Å². The van der Waals surface area contributed by atoms with Gasteiger partial charge in [-0.2, -0.15) is 0 Å². The largest absolute Gasteiger partial charge is 0.294 e. The van der Waals surface area contributed by atoms with Crippen LogP contribution in [0.5, 0.6) is 0 Å². The van der Waals surface area contributed by atoms with Crippen molar-refractivity contribution in [3.8, 4) is 0 Å². The summed E-state index contributed by atoms with van der Waals surface area (Å²) in [5, 5.41) is 0. The summed E-state index contributed by atoms with van der Waals surface area (Å²) in [4.78, 5) is 33.6. The summed E-state index contributed by atoms with van der Waals surface area (Å²) in [7, 11) is 0. The molecular weight excluding hydrogens is 180 g/mol. The molecule has 0 aromatic carbocycles. The van der Waals surface area contributed by atoms with Gasteiger partial charge in [-0.05, 0) is 18.6 Å². The lowest BCUT2D eigenvalue weighted by Crippen LogP contribution is -2.15. The molecule has 0 atom stereocenters. The topological polar surface area (TPSA) is 51.2 Å². The number of carbonyl (C=O) groups excluding carboxylic acids is 3. The van der Waals surface area contributed by atoms with Crippen molar-refractivity contribution in [1.29, 1.82) is 0 Å². The van der Waals surface area contributed by atoms with E-state index in [4.69, 9.17) is 0 Å². The van der Waals surface area contributed by atoms with Crippen molar-refractivity contribution < 1.29 is 14.4 Å². The van der Waals surface area contributed by atoms with Crippen molar-refractivity contribution in [1.82, 2.24) is 0 Å². The van der Waals surface area contributed by atoms with Gasteiger partial charge in [-0.3, -0.25) is 14.4 Å². The highest BCUT2D eigenvalue weighted by molar-refractivity contribution is 6.30. The van der Waals surface area contributed by atoms with Gasteiger partial charge in [0, 0.05) is 12.5 Å². The second kappa shape index (κ2) is 4.65. The lowest BCUT2D eigenvalue weighted by atomic mass is 9.97. The van der Waals surface area contributed by atoms with E-state index in [1.54, 1.807) is 0 Å². The molecule has 0 radical (unpaired) electrons. The van der Waals surface area contributed by atoms with Crippen LogP contribution in [-0.4, -0.2) is 17.3 Å². The Bertz CT molecular complexity index is 334. The van der Waals surface area contributed by atoms with Gasteiger partial charge in [0.05, 0.1) is 5.57 Å². The summed E-state index contributed by atoms with van der Waals surface area (Å²) in [5.41, 5.74) is 0.0333. The van der Waals surface area contributed by atoms with E-state index in [1.165, 1.54) is 6.08 Å². The first-order chi connectivity index (χ1) is 6.65. The zero-order chi connectivity index (χ0) is 10.6. The fraction of sp³-hybridized carbons (Fsp3) is 0.364. The molecule has 1 aliphatic carbocycles. The zero-order valence-corrected chi connectivity index (χ0v) is 8.08. The molecule has 1 aliphatic rings. The molecule has 0 aromatic rings. The minimum atomic E-state index is -0.356. The van der Waals surface area contributed by atoms with Crippen LogP contribution < -0.4 is 0 Å². The van der Waals surface area contributed by atoms with Crippen LogP contribution >= 0.6 is 0 Å². The van der Waals surface area contributed by atoms with Gasteiger partial charge in [0.2, 0.25) is 0 Å². The Morgan fingerprint density at radius 1 is 1.29 bits per heavy atom. The maximum absolute atomic E-state index is 11.4. The molecule has 0 amide bonds. The Morgan fingerprint density at radius 2 is 2.00 bits per heavy atom. The molecule has 0 spiro atoms. The molecule has 1 rings (SSSR count). The first kappa shape index (κ1) is 10.6. The van der Waals surface area contributed by atoms with E-state index in [0.29, 0.717) is 6.42 Å². The third-order valence-electron chi connectivity index (χ3n) is 2.01. The van der Waals surface area contributed by atoms with Gasteiger partial charge >= 0.3 is 0 Å². The van der Waals surface area contributed by atoms with Crippen molar-refractivity contribution in [2.75, 3.05) is 0 Å². The van der Waals surface area contributed by atoms with E-state index in [0.717, 1.165) is 25.0 Å². The third kappa shape index (κ3) is 2.49. The molecule has 74 valence electrons. The average molecular weight is 192 g/mol. The molecule has 0 saturated carbocycles. The van der Waals surface area contributed by atoms with E-state index >= 15 is 0 Å². The van der Waals surface area contributed by atoms with Crippen molar-refractivity contribution in [2.24, 2.45) is 0 Å². The minimum absolute atomic E-state index is 0.0333. The van der Waals surface area contributed by atoms with Gasteiger partial charge in [-0.1, -0.05) is 13.3 Å². The summed E-state index contributed by atoms with van der Waals surface area (Å²) in [6, 6.07) is 0. The lowest BCUT2D eigenvalue weighted by molar-refractivity contribution is -0.121. The summed E-state index contributed by atoms with van der Waals surface area (Å²) in [6.07, 6.45) is 5.45. The quantitative estimate of drug-likeness (QED) is 0.499. The number of hydrogen-bond acceptors (Lipinski definition) is 3. The Morgan fingerprint density at radius 3 is 2.64 bits per heavy atom. The molecule has 0 heterocycles. The summed E-state index contributed by atoms with van der Waals surface area (Å²) in [6.45, 7) is 1.97. The molecule has 0 fully saturated rings. The highest BCUT2D eigenvalue weighted by Gasteiger charge is 2.19. The SMILES string of the molecule is CCCCC(=O)C1=CC(=O)C=CC1=O. The summed E-state index contributed by atoms with van der Waals surface area (Å²) < 4.78 is 0. The van der Waals surface area contributed by atoms with Crippen LogP contribution in [0, 0.1) is 0 Å². The molecule has 0 saturated heterocycles. The first-order valence-electron chi connectivity index (χ1n) is 4.66. The minimum Gasteiger partial charge on any atom is -0.294 e. The van der Waals surface area contributed by atoms with Gasteiger partial charge in [-0.15, -0.1) is 0 Å². The number of unbranched alkanes of at least 4 members (excludes halogenated alkanes) is 1. The van der Waals surface area contributed by atoms with Crippen LogP contribution in [0.2, 0.25) is 0 Å². The second-order valence-corrected chi connectivity index (χ2v) is 3.18. The normalized spacial score (nSPS) is 15.6. The number of carbonyl (C=O) groups is 3. The molecule has 0 unspecified atom stereocenters. The van der Waals surface area contributed by atoms with Gasteiger partial charge < -0.3 is 0 Å². The predicted octanol–water partition coefficient (Wildman–Crippen LogP) is 1.38. The Kier molecular flexibility index (Phi) is 3.51. The molecule has 0 aliphatic heterocycles. The third-order valence-corrected chi connectivity index (χ3v) is 2.01. The molecule has 14 heavy (non-hydrogen) atoms. The molecule has 3 heteroatoms. The molecule has 3 nitrogen and oxygen atoms in total. The molecule has 0 N–H and O–H groups in total. The van der Waals surface area contributed by atoms with Crippen molar-refractivity contribution in [3.05, 3.63) is 23.8 Å². The van der Waals surface area contributed by atoms with E-state index in [1.807, 2.05) is 6.92 Å². The van der Waals surface area contributed by atoms with Crippen LogP contribution in [0.3, 0.4) is 0 Å². The number of ketones is 3. The van der Waals surface area contributed by atoms with Crippen LogP contribution in [-0.2, 0) is 14.4 Å². The van der Waals surface area contributed by atoms with Crippen LogP contribution in [0.25, 0.3) is 0 Å². The van der Waals surface area contributed by atoms with Gasteiger partial charge in [0.1, 0.15) is 0 Å². The zero-order valence-electron chi connectivity index (χ0n) is 8.08.